The molecule has 5 nitrogen and oxygen atoms in total. The van der Waals surface area contributed by atoms with Gasteiger partial charge in [0.15, 0.2) is 11.5 Å². The molecule has 1 aliphatic heterocycles. The zero-order valence-electron chi connectivity index (χ0n) is 14.9. The Morgan fingerprint density at radius 1 is 1.17 bits per heavy atom. The summed E-state index contributed by atoms with van der Waals surface area (Å²) in [7, 11) is -0.551. The maximum atomic E-state index is 6.13. The van der Waals surface area contributed by atoms with Crippen LogP contribution in [0.1, 0.15) is 54.4 Å². The number of rotatable bonds is 5. The van der Waals surface area contributed by atoms with Gasteiger partial charge in [-0.05, 0) is 54.4 Å². The summed E-state index contributed by atoms with van der Waals surface area (Å²) in [5, 5.41) is 0. The van der Waals surface area contributed by atoms with E-state index in [0.29, 0.717) is 17.1 Å². The number of pyridine rings is 1. The second-order valence-electron chi connectivity index (χ2n) is 7.60. The Kier molecular flexibility index (Phi) is 4.09. The topological polar surface area (TPSA) is 49.8 Å². The molecule has 3 rings (SSSR count). The van der Waals surface area contributed by atoms with E-state index in [-0.39, 0.29) is 12.2 Å². The second-order valence-corrected chi connectivity index (χ2v) is 7.60. The van der Waals surface area contributed by atoms with Crippen molar-refractivity contribution in [2.24, 2.45) is 0 Å². The van der Waals surface area contributed by atoms with Crippen LogP contribution < -0.4 is 15.1 Å². The molecule has 126 valence electrons. The lowest BCUT2D eigenvalue weighted by atomic mass is 9.83. The van der Waals surface area contributed by atoms with Gasteiger partial charge in [0.25, 0.3) is 0 Å². The number of hydrogen-bond acceptors (Lipinski definition) is 5. The van der Waals surface area contributed by atoms with Gasteiger partial charge in [0.2, 0.25) is 0 Å². The smallest absolute Gasteiger partial charge is 0.487 e. The lowest BCUT2D eigenvalue weighted by Gasteiger charge is -2.32. The molecule has 0 amide bonds. The van der Waals surface area contributed by atoms with Crippen LogP contribution in [0.2, 0.25) is 0 Å². The van der Waals surface area contributed by atoms with Crippen molar-refractivity contribution >= 4 is 12.7 Å². The van der Waals surface area contributed by atoms with E-state index in [1.54, 1.807) is 6.20 Å². The van der Waals surface area contributed by atoms with Gasteiger partial charge < -0.3 is 18.8 Å². The number of aromatic nitrogens is 1. The molecule has 0 N–H and O–H groups in total. The van der Waals surface area contributed by atoms with E-state index >= 15 is 0 Å². The largest absolute Gasteiger partial charge is 0.518 e. The van der Waals surface area contributed by atoms with E-state index in [4.69, 9.17) is 18.8 Å². The van der Waals surface area contributed by atoms with Crippen LogP contribution in [0.5, 0.6) is 11.5 Å². The van der Waals surface area contributed by atoms with E-state index in [1.165, 1.54) is 0 Å². The zero-order valence-corrected chi connectivity index (χ0v) is 14.9. The minimum absolute atomic E-state index is 0.0603. The molecule has 1 saturated carbocycles. The lowest BCUT2D eigenvalue weighted by Crippen LogP contribution is -2.41. The molecule has 2 fully saturated rings. The van der Waals surface area contributed by atoms with Gasteiger partial charge in [0, 0.05) is 12.3 Å². The predicted octanol–water partition coefficient (Wildman–Crippen LogP) is 2.71. The molecule has 2 aliphatic rings. The molecule has 6 heteroatoms. The number of ether oxygens (including phenoxy) is 2. The lowest BCUT2D eigenvalue weighted by molar-refractivity contribution is 0.00578. The van der Waals surface area contributed by atoms with E-state index < -0.39 is 18.3 Å². The molecular formula is C17H26BNO4. The van der Waals surface area contributed by atoms with Crippen molar-refractivity contribution in [3.05, 3.63) is 12.3 Å². The number of hydrogen-bond donors (Lipinski definition) is 0. The monoisotopic (exact) mass is 319 g/mol. The molecule has 23 heavy (non-hydrogen) atoms. The first-order valence-corrected chi connectivity index (χ1v) is 8.37. The normalized spacial score (nSPS) is 22.5. The molecular weight excluding hydrogens is 293 g/mol. The summed E-state index contributed by atoms with van der Waals surface area (Å²) in [6, 6.07) is 1.84. The summed E-state index contributed by atoms with van der Waals surface area (Å²) in [4.78, 5) is 4.49. The SMILES string of the molecule is CC(C)Oc1ccnc(B2OC(C)(C)C(C)(C)O2)c1OC1CC1. The highest BCUT2D eigenvalue weighted by molar-refractivity contribution is 6.62. The van der Waals surface area contributed by atoms with Gasteiger partial charge in [-0.15, -0.1) is 0 Å². The summed E-state index contributed by atoms with van der Waals surface area (Å²) in [6.45, 7) is 12.1. The molecule has 1 saturated heterocycles. The Balaban J connectivity index is 1.95. The Morgan fingerprint density at radius 2 is 1.78 bits per heavy atom. The summed E-state index contributed by atoms with van der Waals surface area (Å²) >= 11 is 0. The van der Waals surface area contributed by atoms with Crippen molar-refractivity contribution in [1.29, 1.82) is 0 Å². The second kappa shape index (κ2) is 5.67. The van der Waals surface area contributed by atoms with Crippen LogP contribution in [-0.2, 0) is 9.31 Å². The molecule has 0 spiro atoms. The van der Waals surface area contributed by atoms with Crippen molar-refractivity contribution in [3.63, 3.8) is 0 Å². The van der Waals surface area contributed by atoms with Crippen LogP contribution in [0.25, 0.3) is 0 Å². The Labute approximate surface area is 138 Å². The molecule has 0 radical (unpaired) electrons. The Morgan fingerprint density at radius 3 is 2.30 bits per heavy atom. The highest BCUT2D eigenvalue weighted by Crippen LogP contribution is 2.39. The molecule has 0 unspecified atom stereocenters. The first-order valence-electron chi connectivity index (χ1n) is 8.37. The van der Waals surface area contributed by atoms with Crippen molar-refractivity contribution < 1.29 is 18.8 Å². The fourth-order valence-electron chi connectivity index (χ4n) is 2.39. The third-order valence-corrected chi connectivity index (χ3v) is 4.54. The molecule has 0 aromatic carbocycles. The van der Waals surface area contributed by atoms with Crippen LogP contribution in [0, 0.1) is 0 Å². The van der Waals surface area contributed by atoms with Crippen LogP contribution in [-0.4, -0.2) is 35.5 Å². The summed E-state index contributed by atoms with van der Waals surface area (Å²) in [5.41, 5.74) is -0.162. The average Bonchev–Trinajstić information content (AvgIpc) is 3.18. The first kappa shape index (κ1) is 16.6. The first-order chi connectivity index (χ1) is 10.7. The molecule has 0 atom stereocenters. The van der Waals surface area contributed by atoms with Gasteiger partial charge in [-0.1, -0.05) is 0 Å². The minimum atomic E-state index is -0.551. The van der Waals surface area contributed by atoms with Gasteiger partial charge in [-0.25, -0.2) is 0 Å². The van der Waals surface area contributed by atoms with Crippen LogP contribution >= 0.6 is 0 Å². The maximum absolute atomic E-state index is 6.13. The van der Waals surface area contributed by atoms with Gasteiger partial charge in [0.1, 0.15) is 5.59 Å². The quantitative estimate of drug-likeness (QED) is 0.781. The van der Waals surface area contributed by atoms with Crippen molar-refractivity contribution in [2.75, 3.05) is 0 Å². The molecule has 2 heterocycles. The standard InChI is InChI=1S/C17H26BNO4/c1-11(2)20-13-9-10-19-15(14(13)21-12-7-8-12)18-22-16(3,4)17(5,6)23-18/h9-12H,7-8H2,1-6H3. The van der Waals surface area contributed by atoms with Gasteiger partial charge in [0.05, 0.1) is 23.4 Å². The van der Waals surface area contributed by atoms with Crippen LogP contribution in [0.15, 0.2) is 12.3 Å². The Hall–Kier alpha value is -1.27. The maximum Gasteiger partial charge on any atom is 0.518 e. The van der Waals surface area contributed by atoms with Gasteiger partial charge in [-0.2, -0.15) is 0 Å². The van der Waals surface area contributed by atoms with E-state index in [1.807, 2.05) is 47.6 Å². The van der Waals surface area contributed by atoms with Gasteiger partial charge in [-0.3, -0.25) is 4.98 Å². The van der Waals surface area contributed by atoms with Crippen LogP contribution in [0.3, 0.4) is 0 Å². The van der Waals surface area contributed by atoms with Crippen molar-refractivity contribution in [2.45, 2.75) is 77.8 Å². The Bertz CT molecular complexity index is 568. The number of nitrogens with zero attached hydrogens (tertiary/aromatic N) is 1. The summed E-state index contributed by atoms with van der Waals surface area (Å²) < 4.78 is 24.3. The molecule has 1 aromatic rings. The zero-order chi connectivity index (χ0) is 16.8. The fourth-order valence-corrected chi connectivity index (χ4v) is 2.39. The highest BCUT2D eigenvalue weighted by atomic mass is 16.7. The minimum Gasteiger partial charge on any atom is -0.487 e. The predicted molar refractivity (Wildman–Crippen MR) is 89.4 cm³/mol. The molecule has 1 aliphatic carbocycles. The molecule has 0 bridgehead atoms. The van der Waals surface area contributed by atoms with E-state index in [9.17, 15) is 0 Å². The van der Waals surface area contributed by atoms with E-state index in [0.717, 1.165) is 12.8 Å². The molecule has 1 aromatic heterocycles. The highest BCUT2D eigenvalue weighted by Gasteiger charge is 2.53. The van der Waals surface area contributed by atoms with Crippen LogP contribution in [0.4, 0.5) is 0 Å². The third-order valence-electron chi connectivity index (χ3n) is 4.54. The van der Waals surface area contributed by atoms with Crippen molar-refractivity contribution in [1.82, 2.24) is 4.98 Å². The van der Waals surface area contributed by atoms with Gasteiger partial charge >= 0.3 is 7.12 Å². The average molecular weight is 319 g/mol. The summed E-state index contributed by atoms with van der Waals surface area (Å²) in [6.07, 6.45) is 4.16. The fraction of sp³-hybridized carbons (Fsp3) is 0.706. The third kappa shape index (κ3) is 3.33. The summed E-state index contributed by atoms with van der Waals surface area (Å²) in [5.74, 6) is 1.36. The van der Waals surface area contributed by atoms with Crippen molar-refractivity contribution in [3.8, 4) is 11.5 Å². The van der Waals surface area contributed by atoms with E-state index in [2.05, 4.69) is 4.98 Å².